The third-order valence-electron chi connectivity index (χ3n) is 4.51. The average Bonchev–Trinajstić information content (AvgIpc) is 3.16. The van der Waals surface area contributed by atoms with E-state index in [2.05, 4.69) is 4.98 Å². The maximum Gasteiger partial charge on any atom is 0.414 e. The van der Waals surface area contributed by atoms with E-state index in [0.717, 1.165) is 23.0 Å². The van der Waals surface area contributed by atoms with E-state index in [4.69, 9.17) is 9.47 Å². The second kappa shape index (κ2) is 7.61. The second-order valence-electron chi connectivity index (χ2n) is 6.48. The summed E-state index contributed by atoms with van der Waals surface area (Å²) >= 11 is 0. The molecular weight excluding hydrogens is 362 g/mol. The number of hydrogen-bond acceptors (Lipinski definition) is 6. The summed E-state index contributed by atoms with van der Waals surface area (Å²) in [5.74, 6) is -0.232. The molecule has 8 heteroatoms. The van der Waals surface area contributed by atoms with E-state index in [1.807, 2.05) is 42.5 Å². The highest BCUT2D eigenvalue weighted by molar-refractivity contribution is 5.78. The number of imidazole rings is 1. The monoisotopic (exact) mass is 379 g/mol. The molecule has 3 aromatic rings. The number of carbonyl (C=O) groups excluding carboxylic acids is 1. The van der Waals surface area contributed by atoms with Gasteiger partial charge in [0.2, 0.25) is 0 Å². The summed E-state index contributed by atoms with van der Waals surface area (Å²) in [5.41, 5.74) is 3.63. The summed E-state index contributed by atoms with van der Waals surface area (Å²) in [6.45, 7) is 1.15. The Balaban J connectivity index is 1.37. The maximum atomic E-state index is 10.9. The first-order valence-corrected chi connectivity index (χ1v) is 8.73. The molecule has 0 saturated heterocycles. The van der Waals surface area contributed by atoms with Crippen molar-refractivity contribution in [1.82, 2.24) is 9.55 Å². The van der Waals surface area contributed by atoms with Crippen LogP contribution in [0.5, 0.6) is 6.01 Å². The summed E-state index contributed by atoms with van der Waals surface area (Å²) in [6.07, 6.45) is 1.97. The molecular formula is C20H17N3O5. The summed E-state index contributed by atoms with van der Waals surface area (Å²) in [5, 5.41) is 10.8. The van der Waals surface area contributed by atoms with Crippen molar-refractivity contribution in [3.8, 4) is 17.1 Å². The van der Waals surface area contributed by atoms with E-state index in [-0.39, 0.29) is 17.9 Å². The molecule has 0 fully saturated rings. The van der Waals surface area contributed by atoms with Crippen molar-refractivity contribution >= 4 is 12.1 Å². The Morgan fingerprint density at radius 3 is 2.82 bits per heavy atom. The van der Waals surface area contributed by atoms with Crippen molar-refractivity contribution in [2.45, 2.75) is 19.3 Å². The molecule has 28 heavy (non-hydrogen) atoms. The van der Waals surface area contributed by atoms with Crippen LogP contribution in [-0.4, -0.2) is 33.5 Å². The van der Waals surface area contributed by atoms with E-state index >= 15 is 0 Å². The largest absolute Gasteiger partial charge is 0.443 e. The topological polar surface area (TPSA) is 96.5 Å². The Hall–Kier alpha value is -3.52. The predicted molar refractivity (Wildman–Crippen MR) is 100 cm³/mol. The van der Waals surface area contributed by atoms with E-state index in [0.29, 0.717) is 25.3 Å². The molecule has 142 valence electrons. The SMILES string of the molecule is O=Cc1cccc(-c2ccc(CO[C@@H]3COc4nc([N+](=O)[O-])cn4C3)cc2)c1. The Morgan fingerprint density at radius 2 is 2.07 bits per heavy atom. The van der Waals surface area contributed by atoms with Gasteiger partial charge in [0, 0.05) is 10.5 Å². The van der Waals surface area contributed by atoms with Gasteiger partial charge in [0.1, 0.15) is 25.2 Å². The molecule has 1 aliphatic rings. The molecule has 2 aromatic carbocycles. The standard InChI is InChI=1S/C20H17N3O5/c24-11-15-2-1-3-17(8-15)16-6-4-14(5-7-16)12-27-18-9-22-10-19(23(25)26)21-20(22)28-13-18/h1-8,10-11,18H,9,12-13H2/t18-/m0/s1. The number of benzene rings is 2. The highest BCUT2D eigenvalue weighted by Gasteiger charge is 2.28. The van der Waals surface area contributed by atoms with Crippen molar-refractivity contribution in [2.24, 2.45) is 0 Å². The lowest BCUT2D eigenvalue weighted by molar-refractivity contribution is -0.389. The van der Waals surface area contributed by atoms with Gasteiger partial charge in [-0.2, -0.15) is 0 Å². The molecule has 2 heterocycles. The first-order chi connectivity index (χ1) is 13.6. The Bertz CT molecular complexity index is 1010. The van der Waals surface area contributed by atoms with Crippen LogP contribution in [-0.2, 0) is 17.9 Å². The summed E-state index contributed by atoms with van der Waals surface area (Å²) in [6, 6.07) is 15.6. The van der Waals surface area contributed by atoms with Crippen LogP contribution in [0.25, 0.3) is 11.1 Å². The molecule has 0 spiro atoms. The number of nitrogens with zero attached hydrogens (tertiary/aromatic N) is 3. The number of nitro groups is 1. The molecule has 8 nitrogen and oxygen atoms in total. The number of fused-ring (bicyclic) bond motifs is 1. The lowest BCUT2D eigenvalue weighted by Gasteiger charge is -2.22. The first kappa shape index (κ1) is 17.9. The van der Waals surface area contributed by atoms with Crippen LogP contribution in [0.3, 0.4) is 0 Å². The molecule has 0 N–H and O–H groups in total. The first-order valence-electron chi connectivity index (χ1n) is 8.73. The van der Waals surface area contributed by atoms with Gasteiger partial charge < -0.3 is 19.6 Å². The fraction of sp³-hybridized carbons (Fsp3) is 0.200. The smallest absolute Gasteiger partial charge is 0.414 e. The number of hydrogen-bond donors (Lipinski definition) is 0. The molecule has 0 radical (unpaired) electrons. The lowest BCUT2D eigenvalue weighted by atomic mass is 10.0. The average molecular weight is 379 g/mol. The quantitative estimate of drug-likeness (QED) is 0.371. The number of aldehydes is 1. The van der Waals surface area contributed by atoms with Gasteiger partial charge in [0.05, 0.1) is 13.2 Å². The molecule has 0 amide bonds. The van der Waals surface area contributed by atoms with Crippen LogP contribution in [0, 0.1) is 10.1 Å². The van der Waals surface area contributed by atoms with E-state index < -0.39 is 4.92 Å². The van der Waals surface area contributed by atoms with Gasteiger partial charge >= 0.3 is 11.8 Å². The van der Waals surface area contributed by atoms with Gasteiger partial charge in [0.15, 0.2) is 0 Å². The molecule has 1 aromatic heterocycles. The minimum absolute atomic E-state index is 0.217. The molecule has 0 saturated carbocycles. The van der Waals surface area contributed by atoms with Crippen molar-refractivity contribution in [3.05, 3.63) is 76.0 Å². The normalized spacial score (nSPS) is 15.5. The second-order valence-corrected chi connectivity index (χ2v) is 6.48. The van der Waals surface area contributed by atoms with Crippen LogP contribution >= 0.6 is 0 Å². The number of carbonyl (C=O) groups is 1. The molecule has 0 unspecified atom stereocenters. The summed E-state index contributed by atoms with van der Waals surface area (Å²) in [4.78, 5) is 25.0. The van der Waals surface area contributed by atoms with Gasteiger partial charge in [-0.3, -0.25) is 9.36 Å². The summed E-state index contributed by atoms with van der Waals surface area (Å²) in [7, 11) is 0. The number of ether oxygens (including phenoxy) is 2. The van der Waals surface area contributed by atoms with Crippen LogP contribution in [0.2, 0.25) is 0 Å². The van der Waals surface area contributed by atoms with Crippen LogP contribution in [0.4, 0.5) is 5.82 Å². The fourth-order valence-electron chi connectivity index (χ4n) is 3.06. The van der Waals surface area contributed by atoms with Crippen molar-refractivity contribution in [3.63, 3.8) is 0 Å². The predicted octanol–water partition coefficient (Wildman–Crippen LogP) is 3.25. The van der Waals surface area contributed by atoms with Crippen molar-refractivity contribution in [1.29, 1.82) is 0 Å². The Morgan fingerprint density at radius 1 is 1.25 bits per heavy atom. The molecule has 0 bridgehead atoms. The van der Waals surface area contributed by atoms with Gasteiger partial charge in [-0.15, -0.1) is 0 Å². The summed E-state index contributed by atoms with van der Waals surface area (Å²) < 4.78 is 12.9. The van der Waals surface area contributed by atoms with Crippen molar-refractivity contribution < 1.29 is 19.2 Å². The molecule has 4 rings (SSSR count). The minimum Gasteiger partial charge on any atom is -0.443 e. The lowest BCUT2D eigenvalue weighted by Crippen LogP contribution is -2.32. The highest BCUT2D eigenvalue weighted by atomic mass is 16.6. The number of rotatable bonds is 6. The maximum absolute atomic E-state index is 10.9. The van der Waals surface area contributed by atoms with Crippen LogP contribution in [0.1, 0.15) is 15.9 Å². The number of aromatic nitrogens is 2. The molecule has 0 aliphatic carbocycles. The van der Waals surface area contributed by atoms with E-state index in [9.17, 15) is 14.9 Å². The molecule has 1 aliphatic heterocycles. The Labute approximate surface area is 160 Å². The van der Waals surface area contributed by atoms with E-state index in [1.165, 1.54) is 6.20 Å². The zero-order valence-electron chi connectivity index (χ0n) is 14.9. The van der Waals surface area contributed by atoms with Crippen LogP contribution in [0.15, 0.2) is 54.7 Å². The van der Waals surface area contributed by atoms with Crippen LogP contribution < -0.4 is 4.74 Å². The fourth-order valence-corrected chi connectivity index (χ4v) is 3.06. The third kappa shape index (κ3) is 3.77. The van der Waals surface area contributed by atoms with E-state index in [1.54, 1.807) is 10.6 Å². The van der Waals surface area contributed by atoms with Gasteiger partial charge in [0.25, 0.3) is 0 Å². The van der Waals surface area contributed by atoms with Gasteiger partial charge in [-0.05, 0) is 27.7 Å². The van der Waals surface area contributed by atoms with Crippen molar-refractivity contribution in [2.75, 3.05) is 6.61 Å². The molecule has 1 atom stereocenters. The zero-order valence-corrected chi connectivity index (χ0v) is 14.9. The minimum atomic E-state index is -0.545. The van der Waals surface area contributed by atoms with Gasteiger partial charge in [-0.25, -0.2) is 0 Å². The Kier molecular flexibility index (Phi) is 4.86. The third-order valence-corrected chi connectivity index (χ3v) is 4.51. The zero-order chi connectivity index (χ0) is 19.5. The van der Waals surface area contributed by atoms with Gasteiger partial charge in [-0.1, -0.05) is 42.5 Å². The highest BCUT2D eigenvalue weighted by Crippen LogP contribution is 2.24.